The van der Waals surface area contributed by atoms with Crippen molar-refractivity contribution in [2.45, 2.75) is 31.5 Å². The third kappa shape index (κ3) is 4.45. The zero-order chi connectivity index (χ0) is 19.6. The van der Waals surface area contributed by atoms with Gasteiger partial charge in [-0.15, -0.1) is 0 Å². The van der Waals surface area contributed by atoms with E-state index in [1.165, 1.54) is 6.92 Å². The van der Waals surface area contributed by atoms with Gasteiger partial charge >= 0.3 is 0 Å². The first-order chi connectivity index (χ1) is 12.8. The van der Waals surface area contributed by atoms with E-state index < -0.39 is 18.2 Å². The molecule has 27 heavy (non-hydrogen) atoms. The molecule has 0 spiro atoms. The topological polar surface area (TPSA) is 69.6 Å². The molecule has 4 atom stereocenters. The van der Waals surface area contributed by atoms with E-state index in [0.717, 1.165) is 11.1 Å². The van der Waals surface area contributed by atoms with Gasteiger partial charge in [-0.25, -0.2) is 5.21 Å². The van der Waals surface area contributed by atoms with E-state index >= 15 is 0 Å². The fraction of sp³-hybridized carbons (Fsp3) is 0.350. The molecule has 1 heterocycles. The molecule has 2 aromatic rings. The minimum atomic E-state index is -0.603. The molecule has 1 fully saturated rings. The van der Waals surface area contributed by atoms with E-state index in [2.05, 4.69) is 5.32 Å². The Morgan fingerprint density at radius 1 is 1.15 bits per heavy atom. The number of halogens is 2. The molecule has 1 saturated heterocycles. The van der Waals surface area contributed by atoms with Crippen molar-refractivity contribution in [2.24, 2.45) is 0 Å². The lowest BCUT2D eigenvalue weighted by atomic mass is 9.91. The first-order valence-corrected chi connectivity index (χ1v) is 9.60. The van der Waals surface area contributed by atoms with Crippen LogP contribution in [-0.4, -0.2) is 40.1 Å². The first-order valence-electron chi connectivity index (χ1n) is 8.85. The number of carbonyl (C=O) groups is 1. The van der Waals surface area contributed by atoms with Gasteiger partial charge in [0.25, 0.3) is 0 Å². The molecule has 0 aromatic heterocycles. The minimum Gasteiger partial charge on any atom is -0.387 e. The Bertz CT molecular complexity index is 818. The highest BCUT2D eigenvalue weighted by atomic mass is 35.5. The van der Waals surface area contributed by atoms with Crippen LogP contribution in [0.4, 0.5) is 0 Å². The standard InChI is InChI=1S/C20H22Cl2N2O3/c1-13(25)23-19(14-5-3-2-4-6-14)20(24(27)10-9-16(26)12-24)15-7-8-17(21)18(22)11-15/h2-8,11,16,19-20,26-27H,9-10,12H2,1H3/p+1/t16-,19-,20?,24?/m1/s1. The number of carbonyl (C=O) groups excluding carboxylic acids is 1. The smallest absolute Gasteiger partial charge is 0.217 e. The van der Waals surface area contributed by atoms with Crippen LogP contribution in [-0.2, 0) is 4.79 Å². The van der Waals surface area contributed by atoms with Gasteiger partial charge in [-0.2, -0.15) is 4.65 Å². The quantitative estimate of drug-likeness (QED) is 0.656. The largest absolute Gasteiger partial charge is 0.387 e. The summed E-state index contributed by atoms with van der Waals surface area (Å²) in [5.41, 5.74) is 1.60. The van der Waals surface area contributed by atoms with Crippen LogP contribution in [0.2, 0.25) is 10.0 Å². The van der Waals surface area contributed by atoms with Crippen molar-refractivity contribution in [2.75, 3.05) is 13.1 Å². The summed E-state index contributed by atoms with van der Waals surface area (Å²) in [5.74, 6) is -0.208. The number of hydrogen-bond donors (Lipinski definition) is 3. The van der Waals surface area contributed by atoms with E-state index in [1.807, 2.05) is 30.3 Å². The molecule has 0 bridgehead atoms. The first kappa shape index (κ1) is 20.1. The summed E-state index contributed by atoms with van der Waals surface area (Å²) in [6.07, 6.45) is -0.121. The van der Waals surface area contributed by atoms with E-state index in [0.29, 0.717) is 23.0 Å². The third-order valence-corrected chi connectivity index (χ3v) is 5.75. The minimum absolute atomic E-state index is 0.174. The van der Waals surface area contributed by atoms with Gasteiger partial charge in [0.2, 0.25) is 5.91 Å². The molecular formula is C20H23Cl2N2O3+. The zero-order valence-electron chi connectivity index (χ0n) is 15.0. The Morgan fingerprint density at radius 3 is 2.41 bits per heavy atom. The van der Waals surface area contributed by atoms with Gasteiger partial charge in [0.15, 0.2) is 6.04 Å². The lowest BCUT2D eigenvalue weighted by Crippen LogP contribution is -2.51. The van der Waals surface area contributed by atoms with Gasteiger partial charge in [0, 0.05) is 18.9 Å². The van der Waals surface area contributed by atoms with Crippen LogP contribution in [0.25, 0.3) is 0 Å². The lowest BCUT2D eigenvalue weighted by molar-refractivity contribution is -1.12. The van der Waals surface area contributed by atoms with E-state index in [9.17, 15) is 15.1 Å². The van der Waals surface area contributed by atoms with Gasteiger partial charge < -0.3 is 10.4 Å². The number of aliphatic hydroxyl groups excluding tert-OH is 1. The van der Waals surface area contributed by atoms with E-state index in [4.69, 9.17) is 23.2 Å². The normalized spacial score (nSPS) is 24.4. The molecule has 7 heteroatoms. The Hall–Kier alpha value is -1.63. The Kier molecular flexibility index (Phi) is 6.08. The highest BCUT2D eigenvalue weighted by Crippen LogP contribution is 2.42. The predicted molar refractivity (Wildman–Crippen MR) is 105 cm³/mol. The van der Waals surface area contributed by atoms with Gasteiger partial charge in [0.1, 0.15) is 25.2 Å². The second-order valence-corrected chi connectivity index (χ2v) is 7.86. The summed E-state index contributed by atoms with van der Waals surface area (Å²) in [4.78, 5) is 12.0. The van der Waals surface area contributed by atoms with Crippen LogP contribution < -0.4 is 5.32 Å². The highest BCUT2D eigenvalue weighted by Gasteiger charge is 2.49. The van der Waals surface area contributed by atoms with Crippen molar-refractivity contribution < 1.29 is 19.8 Å². The van der Waals surface area contributed by atoms with Gasteiger partial charge in [-0.05, 0) is 17.7 Å². The number of nitrogens with one attached hydrogen (secondary N) is 1. The van der Waals surface area contributed by atoms with Crippen molar-refractivity contribution in [3.8, 4) is 0 Å². The maximum absolute atomic E-state index is 12.0. The monoisotopic (exact) mass is 409 g/mol. The molecule has 2 unspecified atom stereocenters. The second-order valence-electron chi connectivity index (χ2n) is 7.04. The molecule has 3 N–H and O–H groups in total. The number of nitrogens with zero attached hydrogens (tertiary/aromatic N) is 1. The Morgan fingerprint density at radius 2 is 1.85 bits per heavy atom. The van der Waals surface area contributed by atoms with E-state index in [1.54, 1.807) is 18.2 Å². The van der Waals surface area contributed by atoms with Crippen molar-refractivity contribution in [3.63, 3.8) is 0 Å². The highest BCUT2D eigenvalue weighted by molar-refractivity contribution is 6.42. The van der Waals surface area contributed by atoms with Crippen molar-refractivity contribution in [3.05, 3.63) is 69.7 Å². The molecule has 0 aliphatic carbocycles. The molecule has 144 valence electrons. The van der Waals surface area contributed by atoms with Crippen LogP contribution in [0.5, 0.6) is 0 Å². The number of hydrogen-bond acceptors (Lipinski definition) is 3. The summed E-state index contributed by atoms with van der Waals surface area (Å²) in [5, 5.41) is 25.3. The summed E-state index contributed by atoms with van der Waals surface area (Å²) in [6, 6.07) is 13.6. The SMILES string of the molecule is CC(=O)N[C@H](c1ccccc1)C(c1ccc(Cl)c(Cl)c1)[N+]1(O)CC[C@@H](O)C1. The molecular weight excluding hydrogens is 387 g/mol. The number of rotatable bonds is 5. The predicted octanol–water partition coefficient (Wildman–Crippen LogP) is 3.88. The average molecular weight is 410 g/mol. The number of aliphatic hydroxyl groups is 1. The molecule has 3 rings (SSSR count). The Balaban J connectivity index is 2.14. The van der Waals surface area contributed by atoms with Crippen LogP contribution in [0.3, 0.4) is 0 Å². The molecule has 0 saturated carbocycles. The maximum atomic E-state index is 12.0. The molecule has 1 amide bonds. The van der Waals surface area contributed by atoms with Gasteiger partial charge in [0.05, 0.1) is 10.0 Å². The number of amides is 1. The summed E-state index contributed by atoms with van der Waals surface area (Å²) >= 11 is 12.3. The average Bonchev–Trinajstić information content (AvgIpc) is 2.97. The second kappa shape index (κ2) is 8.17. The molecule has 1 aliphatic rings. The Labute approximate surface area is 168 Å². The van der Waals surface area contributed by atoms with Crippen molar-refractivity contribution in [1.82, 2.24) is 5.32 Å². The van der Waals surface area contributed by atoms with Crippen LogP contribution >= 0.6 is 23.2 Å². The maximum Gasteiger partial charge on any atom is 0.217 e. The number of hydroxylamine groups is 3. The summed E-state index contributed by atoms with van der Waals surface area (Å²) in [7, 11) is 0. The van der Waals surface area contributed by atoms with Crippen LogP contribution in [0.15, 0.2) is 48.5 Å². The fourth-order valence-corrected chi connectivity index (χ4v) is 4.15. The summed E-state index contributed by atoms with van der Waals surface area (Å²) < 4.78 is -0.390. The lowest BCUT2D eigenvalue weighted by Gasteiger charge is -2.39. The zero-order valence-corrected chi connectivity index (χ0v) is 16.5. The fourth-order valence-electron chi connectivity index (χ4n) is 3.84. The molecule has 0 radical (unpaired) electrons. The number of quaternary nitrogens is 1. The van der Waals surface area contributed by atoms with E-state index in [-0.39, 0.29) is 17.1 Å². The molecule has 2 aromatic carbocycles. The molecule has 5 nitrogen and oxygen atoms in total. The third-order valence-electron chi connectivity index (χ3n) is 5.01. The molecule has 1 aliphatic heterocycles. The van der Waals surface area contributed by atoms with Crippen LogP contribution in [0, 0.1) is 0 Å². The van der Waals surface area contributed by atoms with Crippen molar-refractivity contribution >= 4 is 29.1 Å². The summed E-state index contributed by atoms with van der Waals surface area (Å²) in [6.45, 7) is 1.99. The number of benzene rings is 2. The number of likely N-dealkylation sites (tertiary alicyclic amines) is 1. The van der Waals surface area contributed by atoms with Gasteiger partial charge in [-0.3, -0.25) is 4.79 Å². The van der Waals surface area contributed by atoms with Crippen LogP contribution in [0.1, 0.15) is 36.6 Å². The van der Waals surface area contributed by atoms with Gasteiger partial charge in [-0.1, -0.05) is 59.6 Å². The van der Waals surface area contributed by atoms with Crippen molar-refractivity contribution in [1.29, 1.82) is 0 Å².